The molecule has 0 radical (unpaired) electrons. The highest BCUT2D eigenvalue weighted by Gasteiger charge is 2.55. The van der Waals surface area contributed by atoms with Crippen LogP contribution >= 0.6 is 0 Å². The first-order valence-corrected chi connectivity index (χ1v) is 9.12. The molecule has 3 aromatic rings. The van der Waals surface area contributed by atoms with Gasteiger partial charge in [-0.1, -0.05) is 58.4 Å². The molecule has 0 spiro atoms. The molecule has 2 atom stereocenters. The second-order valence-corrected chi connectivity index (χ2v) is 6.92. The molecule has 2 amide bonds. The van der Waals surface area contributed by atoms with E-state index >= 15 is 0 Å². The van der Waals surface area contributed by atoms with E-state index in [0.717, 1.165) is 11.1 Å². The Hall–Kier alpha value is -3.88. The van der Waals surface area contributed by atoms with Gasteiger partial charge in [0.15, 0.2) is 12.1 Å². The lowest BCUT2D eigenvalue weighted by atomic mass is 10.1. The second-order valence-electron chi connectivity index (χ2n) is 6.92. The number of hydrogen-bond donors (Lipinski definition) is 0. The summed E-state index contributed by atoms with van der Waals surface area (Å²) >= 11 is 0. The normalized spacial score (nSPS) is 20.6. The Morgan fingerprint density at radius 1 is 1.00 bits per heavy atom. The number of fused-ring (bicyclic) bond motifs is 1. The van der Waals surface area contributed by atoms with Crippen molar-refractivity contribution in [3.8, 4) is 11.4 Å². The van der Waals surface area contributed by atoms with E-state index in [1.54, 1.807) is 12.1 Å². The van der Waals surface area contributed by atoms with Gasteiger partial charge in [-0.2, -0.15) is 10.1 Å². The predicted molar refractivity (Wildman–Crippen MR) is 101 cm³/mol. The van der Waals surface area contributed by atoms with E-state index in [1.807, 2.05) is 49.4 Å². The maximum Gasteiger partial charge on any atom is 0.263 e. The van der Waals surface area contributed by atoms with Gasteiger partial charge in [0.05, 0.1) is 5.69 Å². The minimum atomic E-state index is -0.861. The zero-order valence-electron chi connectivity index (χ0n) is 15.5. The molecule has 1 aromatic heterocycles. The lowest BCUT2D eigenvalue weighted by Crippen LogP contribution is -2.39. The van der Waals surface area contributed by atoms with E-state index in [-0.39, 0.29) is 24.2 Å². The van der Waals surface area contributed by atoms with Gasteiger partial charge < -0.3 is 4.52 Å². The molecule has 2 aliphatic heterocycles. The van der Waals surface area contributed by atoms with Crippen molar-refractivity contribution in [2.45, 2.75) is 25.6 Å². The lowest BCUT2D eigenvalue weighted by Gasteiger charge is -2.19. The summed E-state index contributed by atoms with van der Waals surface area (Å²) in [5.41, 5.74) is 2.39. The van der Waals surface area contributed by atoms with Crippen molar-refractivity contribution in [2.24, 2.45) is 10.3 Å². The number of benzene rings is 2. The summed E-state index contributed by atoms with van der Waals surface area (Å²) in [4.78, 5) is 31.3. The number of imide groups is 1. The quantitative estimate of drug-likeness (QED) is 0.636. The van der Waals surface area contributed by atoms with Gasteiger partial charge in [0.25, 0.3) is 11.8 Å². The molecule has 3 heterocycles. The van der Waals surface area contributed by atoms with Crippen LogP contribution in [0.1, 0.15) is 11.5 Å². The third-order valence-electron chi connectivity index (χ3n) is 4.95. The van der Waals surface area contributed by atoms with E-state index in [2.05, 4.69) is 20.5 Å². The van der Waals surface area contributed by atoms with Crippen molar-refractivity contribution in [2.75, 3.05) is 4.90 Å². The first kappa shape index (κ1) is 17.2. The number of amides is 2. The maximum absolute atomic E-state index is 13.0. The molecule has 2 aliphatic rings. The van der Waals surface area contributed by atoms with Crippen LogP contribution in [0.3, 0.4) is 0 Å². The number of hydrogen-bond acceptors (Lipinski definition) is 8. The van der Waals surface area contributed by atoms with E-state index in [9.17, 15) is 9.59 Å². The molecule has 144 valence electrons. The Bertz CT molecular complexity index is 1110. The Labute approximate surface area is 165 Å². The molecule has 1 fully saturated rings. The van der Waals surface area contributed by atoms with Crippen molar-refractivity contribution >= 4 is 17.5 Å². The van der Waals surface area contributed by atoms with Crippen molar-refractivity contribution in [1.29, 1.82) is 0 Å². The molecule has 5 rings (SSSR count). The molecule has 0 N–H and O–H groups in total. The summed E-state index contributed by atoms with van der Waals surface area (Å²) in [7, 11) is 0. The van der Waals surface area contributed by atoms with Gasteiger partial charge in [0.2, 0.25) is 11.7 Å². The van der Waals surface area contributed by atoms with Crippen LogP contribution in [0.25, 0.3) is 11.4 Å². The summed E-state index contributed by atoms with van der Waals surface area (Å²) in [6.45, 7) is 2.03. The van der Waals surface area contributed by atoms with Crippen LogP contribution in [-0.2, 0) is 16.1 Å². The number of aryl methyl sites for hydroxylation is 1. The van der Waals surface area contributed by atoms with Gasteiger partial charge in [0.1, 0.15) is 6.54 Å². The second kappa shape index (κ2) is 6.62. The molecule has 9 heteroatoms. The largest absolute Gasteiger partial charge is 0.337 e. The minimum Gasteiger partial charge on any atom is -0.337 e. The maximum atomic E-state index is 13.0. The zero-order valence-corrected chi connectivity index (χ0v) is 15.5. The van der Waals surface area contributed by atoms with E-state index in [1.165, 1.54) is 9.91 Å². The number of rotatable bonds is 4. The number of aromatic nitrogens is 2. The fourth-order valence-corrected chi connectivity index (χ4v) is 3.46. The molecule has 0 saturated carbocycles. The first-order chi connectivity index (χ1) is 14.1. The van der Waals surface area contributed by atoms with Crippen molar-refractivity contribution in [1.82, 2.24) is 15.1 Å². The Morgan fingerprint density at radius 2 is 1.76 bits per heavy atom. The average molecular weight is 388 g/mol. The molecular formula is C20H16N6O3. The molecule has 2 unspecified atom stereocenters. The molecule has 9 nitrogen and oxygen atoms in total. The van der Waals surface area contributed by atoms with Gasteiger partial charge in [-0.15, -0.1) is 0 Å². The number of carbonyl (C=O) groups is 2. The van der Waals surface area contributed by atoms with E-state index < -0.39 is 12.1 Å². The Morgan fingerprint density at radius 3 is 2.52 bits per heavy atom. The van der Waals surface area contributed by atoms with Crippen molar-refractivity contribution in [3.63, 3.8) is 0 Å². The van der Waals surface area contributed by atoms with Crippen molar-refractivity contribution < 1.29 is 14.1 Å². The topological polar surface area (TPSA) is 104 Å². The van der Waals surface area contributed by atoms with Gasteiger partial charge in [-0.05, 0) is 19.1 Å². The van der Waals surface area contributed by atoms with Crippen LogP contribution < -0.4 is 4.90 Å². The fourth-order valence-electron chi connectivity index (χ4n) is 3.46. The van der Waals surface area contributed by atoms with Crippen LogP contribution in [0.5, 0.6) is 0 Å². The van der Waals surface area contributed by atoms with Gasteiger partial charge in [-0.25, -0.2) is 4.90 Å². The number of carbonyl (C=O) groups excluding carboxylic acids is 2. The number of anilines is 1. The molecule has 29 heavy (non-hydrogen) atoms. The molecule has 0 bridgehead atoms. The summed E-state index contributed by atoms with van der Waals surface area (Å²) in [5.74, 6) is -0.0110. The van der Waals surface area contributed by atoms with Crippen LogP contribution in [0, 0.1) is 6.92 Å². The predicted octanol–water partition coefficient (Wildman–Crippen LogP) is 2.54. The fraction of sp³-hybridized carbons (Fsp3) is 0.200. The van der Waals surface area contributed by atoms with Crippen LogP contribution in [-0.4, -0.2) is 39.0 Å². The highest BCUT2D eigenvalue weighted by molar-refractivity contribution is 6.25. The van der Waals surface area contributed by atoms with Gasteiger partial charge in [0, 0.05) is 5.56 Å². The first-order valence-electron chi connectivity index (χ1n) is 9.12. The molecule has 2 aromatic carbocycles. The molecule has 0 aliphatic carbocycles. The van der Waals surface area contributed by atoms with E-state index in [4.69, 9.17) is 4.52 Å². The summed E-state index contributed by atoms with van der Waals surface area (Å²) in [6, 6.07) is 14.9. The van der Waals surface area contributed by atoms with Crippen LogP contribution in [0.4, 0.5) is 5.69 Å². The lowest BCUT2D eigenvalue weighted by molar-refractivity contribution is -0.123. The SMILES string of the molecule is Cc1ccc(N2C(=O)C3N=NN(Cc4nc(-c5ccccc5)no4)C3C2=O)cc1. The van der Waals surface area contributed by atoms with Crippen LogP contribution in [0.2, 0.25) is 0 Å². The third kappa shape index (κ3) is 2.87. The smallest absolute Gasteiger partial charge is 0.263 e. The summed E-state index contributed by atoms with van der Waals surface area (Å²) in [6.07, 6.45) is 0. The molecular weight excluding hydrogens is 372 g/mol. The third-order valence-corrected chi connectivity index (χ3v) is 4.95. The minimum absolute atomic E-state index is 0.0885. The van der Waals surface area contributed by atoms with Gasteiger partial charge in [-0.3, -0.25) is 14.6 Å². The molecule has 1 saturated heterocycles. The number of nitrogens with zero attached hydrogens (tertiary/aromatic N) is 6. The van der Waals surface area contributed by atoms with E-state index in [0.29, 0.717) is 11.5 Å². The average Bonchev–Trinajstić information content (AvgIpc) is 3.43. The summed E-state index contributed by atoms with van der Waals surface area (Å²) in [5, 5.41) is 13.4. The standard InChI is InChI=1S/C20H16N6O3/c1-12-7-9-14(10-8-12)26-19(27)16-17(20(26)28)25(24-22-16)11-15-21-18(23-29-15)13-5-3-2-4-6-13/h2-10,16-17H,11H2,1H3. The Kier molecular flexibility index (Phi) is 3.94. The van der Waals surface area contributed by atoms with Gasteiger partial charge >= 0.3 is 0 Å². The monoisotopic (exact) mass is 388 g/mol. The highest BCUT2D eigenvalue weighted by Crippen LogP contribution is 2.32. The highest BCUT2D eigenvalue weighted by atomic mass is 16.5. The zero-order chi connectivity index (χ0) is 20.0. The Balaban J connectivity index is 1.37. The van der Waals surface area contributed by atoms with Crippen LogP contribution in [0.15, 0.2) is 69.5 Å². The van der Waals surface area contributed by atoms with Crippen molar-refractivity contribution in [3.05, 3.63) is 66.1 Å². The summed E-state index contributed by atoms with van der Waals surface area (Å²) < 4.78 is 5.30.